The molecule has 0 aromatic carbocycles. The van der Waals surface area contributed by atoms with Gasteiger partial charge in [0.25, 0.3) is 0 Å². The number of halogens is 3. The summed E-state index contributed by atoms with van der Waals surface area (Å²) in [6, 6.07) is 3.34. The van der Waals surface area contributed by atoms with Gasteiger partial charge in [-0.2, -0.15) is 18.3 Å². The van der Waals surface area contributed by atoms with Crippen molar-refractivity contribution >= 4 is 17.3 Å². The number of carbonyl (C=O) groups excluding carboxylic acids is 1. The predicted octanol–water partition coefficient (Wildman–Crippen LogP) is 2.17. The molecule has 0 unspecified atom stereocenters. The van der Waals surface area contributed by atoms with E-state index in [0.717, 1.165) is 14.2 Å². The van der Waals surface area contributed by atoms with Gasteiger partial charge in [-0.15, -0.1) is 11.3 Å². The molecule has 2 heterocycles. The van der Waals surface area contributed by atoms with Crippen LogP contribution in [0.5, 0.6) is 5.75 Å². The molecule has 2 aromatic heterocycles. The lowest BCUT2D eigenvalue weighted by Crippen LogP contribution is -2.32. The third kappa shape index (κ3) is 3.36. The standard InChI is InChI=1S/C13H11F3N2O4S/c1-21-9-8(12(20)22-2)10(13(14,15)16)17-18(11(9)19)6-7-4-3-5-23-7/h3-5H,6H2,1-2H3. The molecule has 0 saturated carbocycles. The topological polar surface area (TPSA) is 70.4 Å². The fourth-order valence-electron chi connectivity index (χ4n) is 1.88. The second kappa shape index (κ2) is 6.41. The molecule has 124 valence electrons. The molecule has 0 atom stereocenters. The first-order valence-corrected chi connectivity index (χ1v) is 7.04. The molecule has 0 aliphatic heterocycles. The zero-order chi connectivity index (χ0) is 17.2. The normalized spacial score (nSPS) is 11.3. The number of aromatic nitrogens is 2. The average Bonchev–Trinajstić information content (AvgIpc) is 2.99. The van der Waals surface area contributed by atoms with E-state index >= 15 is 0 Å². The van der Waals surface area contributed by atoms with E-state index in [-0.39, 0.29) is 6.54 Å². The summed E-state index contributed by atoms with van der Waals surface area (Å²) in [5.41, 5.74) is -3.51. The van der Waals surface area contributed by atoms with Crippen molar-refractivity contribution in [1.82, 2.24) is 9.78 Å². The Bertz CT molecular complexity index is 769. The zero-order valence-corrected chi connectivity index (χ0v) is 12.8. The minimum atomic E-state index is -4.96. The maximum absolute atomic E-state index is 13.2. The van der Waals surface area contributed by atoms with Crippen molar-refractivity contribution in [2.45, 2.75) is 12.7 Å². The average molecular weight is 348 g/mol. The van der Waals surface area contributed by atoms with E-state index < -0.39 is 34.7 Å². The fraction of sp³-hybridized carbons (Fsp3) is 0.308. The summed E-state index contributed by atoms with van der Waals surface area (Å²) in [4.78, 5) is 24.5. The van der Waals surface area contributed by atoms with Crippen LogP contribution in [-0.2, 0) is 17.5 Å². The van der Waals surface area contributed by atoms with Gasteiger partial charge in [-0.3, -0.25) is 4.79 Å². The summed E-state index contributed by atoms with van der Waals surface area (Å²) < 4.78 is 49.3. The Morgan fingerprint density at radius 2 is 2.09 bits per heavy atom. The minimum absolute atomic E-state index is 0.169. The van der Waals surface area contributed by atoms with Crippen LogP contribution in [0.2, 0.25) is 0 Å². The second-order valence-electron chi connectivity index (χ2n) is 4.29. The first kappa shape index (κ1) is 17.0. The number of nitrogens with zero attached hydrogens (tertiary/aromatic N) is 2. The number of hydrogen-bond donors (Lipinski definition) is 0. The van der Waals surface area contributed by atoms with Gasteiger partial charge in [0.1, 0.15) is 5.56 Å². The van der Waals surface area contributed by atoms with Crippen molar-refractivity contribution < 1.29 is 27.4 Å². The molecule has 0 bridgehead atoms. The molecular weight excluding hydrogens is 337 g/mol. The van der Waals surface area contributed by atoms with E-state index in [2.05, 4.69) is 9.84 Å². The molecule has 0 saturated heterocycles. The van der Waals surface area contributed by atoms with Gasteiger partial charge in [0.05, 0.1) is 20.8 Å². The molecule has 0 aliphatic rings. The van der Waals surface area contributed by atoms with Crippen LogP contribution in [0.1, 0.15) is 20.9 Å². The van der Waals surface area contributed by atoms with E-state index in [9.17, 15) is 22.8 Å². The first-order valence-electron chi connectivity index (χ1n) is 6.16. The van der Waals surface area contributed by atoms with Crippen molar-refractivity contribution in [3.63, 3.8) is 0 Å². The van der Waals surface area contributed by atoms with Gasteiger partial charge in [0.15, 0.2) is 5.69 Å². The molecule has 6 nitrogen and oxygen atoms in total. The number of alkyl halides is 3. The molecule has 0 N–H and O–H groups in total. The Morgan fingerprint density at radius 1 is 1.39 bits per heavy atom. The molecule has 0 amide bonds. The largest absolute Gasteiger partial charge is 0.490 e. The molecule has 2 rings (SSSR count). The number of esters is 1. The van der Waals surface area contributed by atoms with E-state index in [1.807, 2.05) is 0 Å². The Balaban J connectivity index is 2.72. The van der Waals surface area contributed by atoms with Gasteiger partial charge >= 0.3 is 17.7 Å². The number of thiophene rings is 1. The highest BCUT2D eigenvalue weighted by molar-refractivity contribution is 7.09. The Hall–Kier alpha value is -2.36. The van der Waals surface area contributed by atoms with E-state index in [4.69, 9.17) is 4.74 Å². The third-order valence-electron chi connectivity index (χ3n) is 2.86. The van der Waals surface area contributed by atoms with Crippen molar-refractivity contribution in [3.05, 3.63) is 44.0 Å². The highest BCUT2D eigenvalue weighted by Gasteiger charge is 2.41. The van der Waals surface area contributed by atoms with Gasteiger partial charge in [-0.1, -0.05) is 6.07 Å². The maximum atomic E-state index is 13.2. The zero-order valence-electron chi connectivity index (χ0n) is 12.0. The third-order valence-corrected chi connectivity index (χ3v) is 3.72. The van der Waals surface area contributed by atoms with Crippen molar-refractivity contribution in [1.29, 1.82) is 0 Å². The highest BCUT2D eigenvalue weighted by Crippen LogP contribution is 2.33. The number of ether oxygens (including phenoxy) is 2. The lowest BCUT2D eigenvalue weighted by molar-refractivity contribution is -0.143. The smallest absolute Gasteiger partial charge is 0.436 e. The molecule has 0 fully saturated rings. The van der Waals surface area contributed by atoms with Crippen LogP contribution in [0.25, 0.3) is 0 Å². The summed E-state index contributed by atoms with van der Waals surface area (Å²) in [7, 11) is 1.90. The quantitative estimate of drug-likeness (QED) is 0.792. The van der Waals surface area contributed by atoms with Crippen LogP contribution in [0.3, 0.4) is 0 Å². The van der Waals surface area contributed by atoms with Crippen LogP contribution >= 0.6 is 11.3 Å². The van der Waals surface area contributed by atoms with Crippen molar-refractivity contribution in [2.24, 2.45) is 0 Å². The molecule has 0 spiro atoms. The summed E-state index contributed by atoms with van der Waals surface area (Å²) in [5, 5.41) is 5.01. The Morgan fingerprint density at radius 3 is 2.57 bits per heavy atom. The van der Waals surface area contributed by atoms with Crippen LogP contribution in [0.15, 0.2) is 22.3 Å². The minimum Gasteiger partial charge on any atom is -0.490 e. The Labute approximate surface area is 132 Å². The van der Waals surface area contributed by atoms with Crippen LogP contribution in [-0.4, -0.2) is 30.0 Å². The summed E-state index contributed by atoms with van der Waals surface area (Å²) in [6.45, 7) is -0.169. The van der Waals surface area contributed by atoms with Crippen LogP contribution in [0.4, 0.5) is 13.2 Å². The number of carbonyl (C=O) groups is 1. The second-order valence-corrected chi connectivity index (χ2v) is 5.32. The van der Waals surface area contributed by atoms with Crippen molar-refractivity contribution in [3.8, 4) is 5.75 Å². The number of hydrogen-bond acceptors (Lipinski definition) is 6. The molecule has 0 aliphatic carbocycles. The van der Waals surface area contributed by atoms with E-state index in [1.165, 1.54) is 11.3 Å². The number of rotatable bonds is 4. The SMILES string of the molecule is COC(=O)c1c(C(F)(F)F)nn(Cc2cccs2)c(=O)c1OC. The monoisotopic (exact) mass is 348 g/mol. The fourth-order valence-corrected chi connectivity index (χ4v) is 2.57. The predicted molar refractivity (Wildman–Crippen MR) is 74.8 cm³/mol. The van der Waals surface area contributed by atoms with Gasteiger partial charge in [-0.25, -0.2) is 9.48 Å². The summed E-state index contributed by atoms with van der Waals surface area (Å²) in [5.74, 6) is -2.10. The molecule has 0 radical (unpaired) electrons. The lowest BCUT2D eigenvalue weighted by atomic mass is 10.2. The summed E-state index contributed by atoms with van der Waals surface area (Å²) >= 11 is 1.25. The molecular formula is C13H11F3N2O4S. The van der Waals surface area contributed by atoms with Crippen LogP contribution in [0, 0.1) is 0 Å². The molecule has 2 aromatic rings. The molecule has 23 heavy (non-hydrogen) atoms. The van der Waals surface area contributed by atoms with E-state index in [1.54, 1.807) is 17.5 Å². The number of methoxy groups -OCH3 is 2. The van der Waals surface area contributed by atoms with E-state index in [0.29, 0.717) is 9.56 Å². The summed E-state index contributed by atoms with van der Waals surface area (Å²) in [6.07, 6.45) is -4.96. The van der Waals surface area contributed by atoms with Gasteiger partial charge < -0.3 is 9.47 Å². The maximum Gasteiger partial charge on any atom is 0.436 e. The van der Waals surface area contributed by atoms with Gasteiger partial charge in [0, 0.05) is 4.88 Å². The van der Waals surface area contributed by atoms with Crippen molar-refractivity contribution in [2.75, 3.05) is 14.2 Å². The molecule has 10 heteroatoms. The Kier molecular flexibility index (Phi) is 4.73. The lowest BCUT2D eigenvalue weighted by Gasteiger charge is -2.15. The van der Waals surface area contributed by atoms with Crippen LogP contribution < -0.4 is 10.3 Å². The highest BCUT2D eigenvalue weighted by atomic mass is 32.1. The first-order chi connectivity index (χ1) is 10.8. The van der Waals surface area contributed by atoms with Gasteiger partial charge in [-0.05, 0) is 11.4 Å². The van der Waals surface area contributed by atoms with Gasteiger partial charge in [0.2, 0.25) is 5.75 Å².